The minimum absolute atomic E-state index is 0.0913. The molecule has 1 heterocycles. The summed E-state index contributed by atoms with van der Waals surface area (Å²) in [6, 6.07) is 7.12. The first kappa shape index (κ1) is 13.0. The molecule has 0 aliphatic carbocycles. The van der Waals surface area contributed by atoms with Gasteiger partial charge in [0.05, 0.1) is 18.4 Å². The third-order valence-corrected chi connectivity index (χ3v) is 2.81. The molecule has 0 fully saturated rings. The summed E-state index contributed by atoms with van der Waals surface area (Å²) in [5.74, 6) is 0.344. The summed E-state index contributed by atoms with van der Waals surface area (Å²) in [5, 5.41) is 6.31. The standard InChI is InChI=1S/C14H14N2O3/c1-8-4-5-13(19-3)11(6-8)12-7-10(9(2)17)14(18)16-15-12/h4-7H,1-3H3,(H,16,18). The van der Waals surface area contributed by atoms with Gasteiger partial charge in [0.2, 0.25) is 0 Å². The summed E-state index contributed by atoms with van der Waals surface area (Å²) < 4.78 is 5.27. The number of aryl methyl sites for hydroxylation is 1. The highest BCUT2D eigenvalue weighted by Crippen LogP contribution is 2.29. The minimum Gasteiger partial charge on any atom is -0.496 e. The Morgan fingerprint density at radius 3 is 2.68 bits per heavy atom. The molecule has 0 spiro atoms. The molecule has 0 bridgehead atoms. The van der Waals surface area contributed by atoms with E-state index in [1.165, 1.54) is 13.0 Å². The van der Waals surface area contributed by atoms with Crippen molar-refractivity contribution in [1.82, 2.24) is 10.2 Å². The van der Waals surface area contributed by atoms with Crippen molar-refractivity contribution in [2.45, 2.75) is 13.8 Å². The maximum atomic E-state index is 11.5. The first-order valence-electron chi connectivity index (χ1n) is 5.78. The molecule has 0 aliphatic heterocycles. The van der Waals surface area contributed by atoms with Crippen LogP contribution in [0.3, 0.4) is 0 Å². The molecule has 1 aromatic heterocycles. The molecule has 0 unspecified atom stereocenters. The lowest BCUT2D eigenvalue weighted by atomic mass is 10.1. The highest BCUT2D eigenvalue weighted by molar-refractivity contribution is 5.94. The predicted octanol–water partition coefficient (Wildman–Crippen LogP) is 1.96. The lowest BCUT2D eigenvalue weighted by molar-refractivity contribution is 0.101. The van der Waals surface area contributed by atoms with Crippen LogP contribution in [-0.2, 0) is 0 Å². The number of aromatic amines is 1. The van der Waals surface area contributed by atoms with Crippen LogP contribution >= 0.6 is 0 Å². The summed E-state index contributed by atoms with van der Waals surface area (Å²) in [5.41, 5.74) is 1.89. The second kappa shape index (κ2) is 5.06. The van der Waals surface area contributed by atoms with Crippen LogP contribution in [0.25, 0.3) is 11.3 Å². The molecule has 0 saturated carbocycles. The lowest BCUT2D eigenvalue weighted by Crippen LogP contribution is -2.17. The van der Waals surface area contributed by atoms with Gasteiger partial charge in [-0.2, -0.15) is 5.10 Å². The number of nitrogens with one attached hydrogen (secondary N) is 1. The molecule has 0 aliphatic rings. The van der Waals surface area contributed by atoms with Gasteiger partial charge in [0.15, 0.2) is 5.78 Å². The van der Waals surface area contributed by atoms with Gasteiger partial charge in [-0.05, 0) is 32.0 Å². The van der Waals surface area contributed by atoms with E-state index in [1.807, 2.05) is 25.1 Å². The highest BCUT2D eigenvalue weighted by Gasteiger charge is 2.12. The lowest BCUT2D eigenvalue weighted by Gasteiger charge is -2.09. The molecule has 0 radical (unpaired) electrons. The summed E-state index contributed by atoms with van der Waals surface area (Å²) in [6.45, 7) is 3.29. The molecule has 1 N–H and O–H groups in total. The average Bonchev–Trinajstić information content (AvgIpc) is 2.39. The smallest absolute Gasteiger partial charge is 0.275 e. The third-order valence-electron chi connectivity index (χ3n) is 2.81. The number of ketones is 1. The van der Waals surface area contributed by atoms with Gasteiger partial charge in [-0.3, -0.25) is 9.59 Å². The molecular weight excluding hydrogens is 244 g/mol. The van der Waals surface area contributed by atoms with Gasteiger partial charge in [0.25, 0.3) is 5.56 Å². The minimum atomic E-state index is -0.483. The number of Topliss-reactive ketones (excluding diaryl/α,β-unsaturated/α-hetero) is 1. The number of H-pyrrole nitrogens is 1. The summed E-state index contributed by atoms with van der Waals surface area (Å²) in [7, 11) is 1.56. The van der Waals surface area contributed by atoms with Crippen LogP contribution in [0.5, 0.6) is 5.75 Å². The summed E-state index contributed by atoms with van der Waals surface area (Å²) in [6.07, 6.45) is 0. The van der Waals surface area contributed by atoms with E-state index < -0.39 is 5.56 Å². The monoisotopic (exact) mass is 258 g/mol. The number of nitrogens with zero attached hydrogens (tertiary/aromatic N) is 1. The van der Waals surface area contributed by atoms with E-state index in [-0.39, 0.29) is 11.3 Å². The zero-order chi connectivity index (χ0) is 14.0. The molecule has 1 aromatic carbocycles. The topological polar surface area (TPSA) is 72.1 Å². The maximum Gasteiger partial charge on any atom is 0.275 e. The first-order valence-corrected chi connectivity index (χ1v) is 5.78. The molecule has 5 heteroatoms. The first-order chi connectivity index (χ1) is 9.02. The van der Waals surface area contributed by atoms with Crippen LogP contribution in [-0.4, -0.2) is 23.1 Å². The number of ether oxygens (including phenoxy) is 1. The van der Waals surface area contributed by atoms with Gasteiger partial charge < -0.3 is 4.74 Å². The van der Waals surface area contributed by atoms with Crippen molar-refractivity contribution in [3.63, 3.8) is 0 Å². The van der Waals surface area contributed by atoms with Crippen molar-refractivity contribution in [3.05, 3.63) is 45.7 Å². The zero-order valence-electron chi connectivity index (χ0n) is 11.0. The maximum absolute atomic E-state index is 11.5. The van der Waals surface area contributed by atoms with Gasteiger partial charge in [0.1, 0.15) is 5.75 Å². The molecule has 19 heavy (non-hydrogen) atoms. The van der Waals surface area contributed by atoms with Gasteiger partial charge in [-0.1, -0.05) is 11.6 Å². The Hall–Kier alpha value is -2.43. The van der Waals surface area contributed by atoms with E-state index in [2.05, 4.69) is 10.2 Å². The molecule has 0 atom stereocenters. The van der Waals surface area contributed by atoms with Crippen molar-refractivity contribution in [3.8, 4) is 17.0 Å². The Balaban J connectivity index is 2.65. The molecule has 2 rings (SSSR count). The van der Waals surface area contributed by atoms with Crippen LogP contribution in [0.1, 0.15) is 22.8 Å². The largest absolute Gasteiger partial charge is 0.496 e. The molecular formula is C14H14N2O3. The summed E-state index contributed by atoms with van der Waals surface area (Å²) >= 11 is 0. The second-order valence-electron chi connectivity index (χ2n) is 4.26. The van der Waals surface area contributed by atoms with Crippen molar-refractivity contribution in [1.29, 1.82) is 0 Å². The van der Waals surface area contributed by atoms with E-state index >= 15 is 0 Å². The van der Waals surface area contributed by atoms with Gasteiger partial charge in [-0.15, -0.1) is 0 Å². The predicted molar refractivity (Wildman–Crippen MR) is 71.6 cm³/mol. The quantitative estimate of drug-likeness (QED) is 0.854. The van der Waals surface area contributed by atoms with Crippen LogP contribution in [0.15, 0.2) is 29.1 Å². The average molecular weight is 258 g/mol. The van der Waals surface area contributed by atoms with Crippen molar-refractivity contribution < 1.29 is 9.53 Å². The van der Waals surface area contributed by atoms with Gasteiger partial charge in [-0.25, -0.2) is 5.10 Å². The SMILES string of the molecule is COc1ccc(C)cc1-c1cc(C(C)=O)c(=O)[nH]n1. The Labute approximate surface area is 110 Å². The zero-order valence-corrected chi connectivity index (χ0v) is 11.0. The van der Waals surface area contributed by atoms with Crippen molar-refractivity contribution in [2.24, 2.45) is 0 Å². The number of benzene rings is 1. The van der Waals surface area contributed by atoms with Crippen molar-refractivity contribution >= 4 is 5.78 Å². The van der Waals surface area contributed by atoms with E-state index in [0.717, 1.165) is 11.1 Å². The number of hydrogen-bond donors (Lipinski definition) is 1. The van der Waals surface area contributed by atoms with Crippen LogP contribution in [0, 0.1) is 6.92 Å². The molecule has 5 nitrogen and oxygen atoms in total. The van der Waals surface area contributed by atoms with Crippen molar-refractivity contribution in [2.75, 3.05) is 7.11 Å². The van der Waals surface area contributed by atoms with Crippen LogP contribution < -0.4 is 10.3 Å². The molecule has 0 amide bonds. The number of methoxy groups -OCH3 is 1. The Bertz CT molecular complexity index is 689. The Kier molecular flexibility index (Phi) is 3.46. The van der Waals surface area contributed by atoms with E-state index in [0.29, 0.717) is 11.4 Å². The normalized spacial score (nSPS) is 10.3. The fourth-order valence-electron chi connectivity index (χ4n) is 1.83. The Morgan fingerprint density at radius 2 is 2.05 bits per heavy atom. The van der Waals surface area contributed by atoms with Crippen LogP contribution in [0.4, 0.5) is 0 Å². The van der Waals surface area contributed by atoms with Gasteiger partial charge in [0, 0.05) is 5.56 Å². The van der Waals surface area contributed by atoms with Gasteiger partial charge >= 0.3 is 0 Å². The number of rotatable bonds is 3. The fourth-order valence-corrected chi connectivity index (χ4v) is 1.83. The number of aromatic nitrogens is 2. The molecule has 98 valence electrons. The van der Waals surface area contributed by atoms with E-state index in [4.69, 9.17) is 4.74 Å². The number of carbonyl (C=O) groups is 1. The third kappa shape index (κ3) is 2.54. The number of hydrogen-bond acceptors (Lipinski definition) is 4. The molecule has 0 saturated heterocycles. The summed E-state index contributed by atoms with van der Waals surface area (Å²) in [4.78, 5) is 22.9. The highest BCUT2D eigenvalue weighted by atomic mass is 16.5. The van der Waals surface area contributed by atoms with E-state index in [9.17, 15) is 9.59 Å². The second-order valence-corrected chi connectivity index (χ2v) is 4.26. The van der Waals surface area contributed by atoms with E-state index in [1.54, 1.807) is 7.11 Å². The Morgan fingerprint density at radius 1 is 1.32 bits per heavy atom. The van der Waals surface area contributed by atoms with Crippen LogP contribution in [0.2, 0.25) is 0 Å². The fraction of sp³-hybridized carbons (Fsp3) is 0.214. The number of carbonyl (C=O) groups excluding carboxylic acids is 1. The molecule has 2 aromatic rings.